The first-order valence-electron chi connectivity index (χ1n) is 6.84. The number of aromatic amines is 1. The Hall–Kier alpha value is -1.67. The molecule has 0 unspecified atom stereocenters. The number of rotatable bonds is 3. The molecule has 0 spiro atoms. The second kappa shape index (κ2) is 5.98. The standard InChI is InChI=1S/C12H16ClN5O3/c13-12-15-9(16-17-12)1-2-10(19)18-3-7-5-21-6-8(4-18)14-11(7)20/h7-8H,1-6H2,(H,14,20)(H,15,16,17)/t7-,8+/m1/s1. The van der Waals surface area contributed by atoms with Gasteiger partial charge in [0.2, 0.25) is 17.1 Å². The zero-order valence-electron chi connectivity index (χ0n) is 11.3. The Bertz CT molecular complexity index is 549. The lowest BCUT2D eigenvalue weighted by Gasteiger charge is -2.27. The number of halogens is 1. The molecule has 2 atom stereocenters. The second-order valence-electron chi connectivity index (χ2n) is 5.29. The van der Waals surface area contributed by atoms with Crippen molar-refractivity contribution in [2.45, 2.75) is 18.9 Å². The smallest absolute Gasteiger partial charge is 0.242 e. The van der Waals surface area contributed by atoms with E-state index in [1.54, 1.807) is 4.90 Å². The van der Waals surface area contributed by atoms with Crippen molar-refractivity contribution in [2.24, 2.45) is 5.92 Å². The van der Waals surface area contributed by atoms with Gasteiger partial charge in [-0.2, -0.15) is 0 Å². The molecular weight excluding hydrogens is 298 g/mol. The number of amides is 2. The highest BCUT2D eigenvalue weighted by molar-refractivity contribution is 6.28. The first-order chi connectivity index (χ1) is 10.1. The van der Waals surface area contributed by atoms with Gasteiger partial charge in [0, 0.05) is 25.9 Å². The van der Waals surface area contributed by atoms with Crippen LogP contribution >= 0.6 is 11.6 Å². The molecule has 2 saturated heterocycles. The fourth-order valence-corrected chi connectivity index (χ4v) is 2.74. The van der Waals surface area contributed by atoms with Gasteiger partial charge in [0.15, 0.2) is 0 Å². The highest BCUT2D eigenvalue weighted by atomic mass is 35.5. The Labute approximate surface area is 126 Å². The van der Waals surface area contributed by atoms with Crippen LogP contribution in [0.1, 0.15) is 12.2 Å². The third-order valence-corrected chi connectivity index (χ3v) is 3.84. The summed E-state index contributed by atoms with van der Waals surface area (Å²) in [6.45, 7) is 1.70. The van der Waals surface area contributed by atoms with E-state index in [1.165, 1.54) is 0 Å². The zero-order valence-corrected chi connectivity index (χ0v) is 12.1. The highest BCUT2D eigenvalue weighted by Crippen LogP contribution is 2.15. The summed E-state index contributed by atoms with van der Waals surface area (Å²) in [7, 11) is 0. The van der Waals surface area contributed by atoms with E-state index in [0.717, 1.165) is 0 Å². The fourth-order valence-electron chi connectivity index (χ4n) is 2.60. The summed E-state index contributed by atoms with van der Waals surface area (Å²) < 4.78 is 5.43. The largest absolute Gasteiger partial charge is 0.378 e. The molecule has 8 nitrogen and oxygen atoms in total. The summed E-state index contributed by atoms with van der Waals surface area (Å²) in [4.78, 5) is 29.9. The minimum Gasteiger partial charge on any atom is -0.378 e. The molecule has 1 aromatic heterocycles. The summed E-state index contributed by atoms with van der Waals surface area (Å²) >= 11 is 5.62. The van der Waals surface area contributed by atoms with Crippen molar-refractivity contribution in [1.82, 2.24) is 25.4 Å². The Kier molecular flexibility index (Phi) is 4.07. The van der Waals surface area contributed by atoms with Crippen molar-refractivity contribution in [3.05, 3.63) is 11.1 Å². The summed E-state index contributed by atoms with van der Waals surface area (Å²) in [6, 6.07) is -0.131. The van der Waals surface area contributed by atoms with Crippen LogP contribution in [-0.4, -0.2) is 64.2 Å². The molecule has 114 valence electrons. The number of carbonyl (C=O) groups excluding carboxylic acids is 2. The van der Waals surface area contributed by atoms with Crippen LogP contribution in [0, 0.1) is 5.92 Å². The van der Waals surface area contributed by atoms with Crippen molar-refractivity contribution in [1.29, 1.82) is 0 Å². The molecule has 2 aliphatic heterocycles. The van der Waals surface area contributed by atoms with E-state index in [1.807, 2.05) is 0 Å². The molecule has 1 aromatic rings. The van der Waals surface area contributed by atoms with Gasteiger partial charge in [-0.1, -0.05) is 0 Å². The summed E-state index contributed by atoms with van der Waals surface area (Å²) in [6.07, 6.45) is 0.752. The van der Waals surface area contributed by atoms with Crippen LogP contribution in [-0.2, 0) is 20.7 Å². The number of H-pyrrole nitrogens is 1. The fraction of sp³-hybridized carbons (Fsp3) is 0.667. The SMILES string of the molecule is O=C1N[C@@H]2COC[C@H]1CN(C(=O)CCc1nc(Cl)n[nH]1)C2. The van der Waals surface area contributed by atoms with Crippen LogP contribution in [0.2, 0.25) is 5.28 Å². The molecular formula is C12H16ClN5O3. The van der Waals surface area contributed by atoms with Gasteiger partial charge in [-0.05, 0) is 11.6 Å². The van der Waals surface area contributed by atoms with E-state index in [-0.39, 0.29) is 29.1 Å². The molecule has 21 heavy (non-hydrogen) atoms. The molecule has 2 N–H and O–H groups in total. The number of aryl methyl sites for hydroxylation is 1. The van der Waals surface area contributed by atoms with Crippen LogP contribution in [0.25, 0.3) is 0 Å². The minimum atomic E-state index is -0.291. The van der Waals surface area contributed by atoms with Gasteiger partial charge in [-0.3, -0.25) is 14.7 Å². The van der Waals surface area contributed by atoms with E-state index in [2.05, 4.69) is 20.5 Å². The van der Waals surface area contributed by atoms with E-state index in [0.29, 0.717) is 45.0 Å². The molecule has 3 heterocycles. The third kappa shape index (κ3) is 3.33. The van der Waals surface area contributed by atoms with Crippen LogP contribution in [0.3, 0.4) is 0 Å². The molecule has 0 aliphatic carbocycles. The molecule has 2 bridgehead atoms. The molecule has 3 rings (SSSR count). The predicted molar refractivity (Wildman–Crippen MR) is 72.5 cm³/mol. The summed E-state index contributed by atoms with van der Waals surface area (Å²) in [5.74, 6) is 0.257. The molecule has 0 radical (unpaired) electrons. The molecule has 0 saturated carbocycles. The topological polar surface area (TPSA) is 100 Å². The lowest BCUT2D eigenvalue weighted by Crippen LogP contribution is -2.44. The van der Waals surface area contributed by atoms with Gasteiger partial charge >= 0.3 is 0 Å². The number of nitrogens with one attached hydrogen (secondary N) is 2. The first-order valence-corrected chi connectivity index (χ1v) is 7.22. The maximum Gasteiger partial charge on any atom is 0.242 e. The van der Waals surface area contributed by atoms with Gasteiger partial charge in [-0.15, -0.1) is 5.10 Å². The molecule has 2 amide bonds. The lowest BCUT2D eigenvalue weighted by atomic mass is 10.1. The molecule has 2 fully saturated rings. The predicted octanol–water partition coefficient (Wildman–Crippen LogP) is -0.636. The summed E-state index contributed by atoms with van der Waals surface area (Å²) in [5, 5.41) is 9.43. The van der Waals surface area contributed by atoms with E-state index < -0.39 is 0 Å². The van der Waals surface area contributed by atoms with Crippen molar-refractivity contribution in [3.63, 3.8) is 0 Å². The number of fused-ring (bicyclic) bond motifs is 3. The van der Waals surface area contributed by atoms with Crippen molar-refractivity contribution < 1.29 is 14.3 Å². The minimum absolute atomic E-state index is 0.00378. The lowest BCUT2D eigenvalue weighted by molar-refractivity contribution is -0.133. The maximum absolute atomic E-state index is 12.3. The van der Waals surface area contributed by atoms with Gasteiger partial charge in [0.05, 0.1) is 25.2 Å². The van der Waals surface area contributed by atoms with E-state index >= 15 is 0 Å². The van der Waals surface area contributed by atoms with Crippen LogP contribution < -0.4 is 5.32 Å². The number of nitrogens with zero attached hydrogens (tertiary/aromatic N) is 3. The second-order valence-corrected chi connectivity index (χ2v) is 5.63. The normalized spacial score (nSPS) is 25.4. The monoisotopic (exact) mass is 313 g/mol. The Morgan fingerprint density at radius 2 is 2.29 bits per heavy atom. The highest BCUT2D eigenvalue weighted by Gasteiger charge is 2.34. The van der Waals surface area contributed by atoms with Crippen molar-refractivity contribution in [2.75, 3.05) is 26.3 Å². The zero-order chi connectivity index (χ0) is 14.8. The van der Waals surface area contributed by atoms with Crippen LogP contribution in [0.5, 0.6) is 0 Å². The summed E-state index contributed by atoms with van der Waals surface area (Å²) in [5.41, 5.74) is 0. The van der Waals surface area contributed by atoms with Gasteiger partial charge in [-0.25, -0.2) is 4.98 Å². The van der Waals surface area contributed by atoms with Crippen molar-refractivity contribution in [3.8, 4) is 0 Å². The Morgan fingerprint density at radius 1 is 1.43 bits per heavy atom. The average molecular weight is 314 g/mol. The number of hydrogen-bond donors (Lipinski definition) is 2. The Morgan fingerprint density at radius 3 is 3.05 bits per heavy atom. The number of carbonyl (C=O) groups is 2. The molecule has 9 heteroatoms. The van der Waals surface area contributed by atoms with E-state index in [9.17, 15) is 9.59 Å². The maximum atomic E-state index is 12.3. The number of ether oxygens (including phenoxy) is 1. The van der Waals surface area contributed by atoms with Crippen LogP contribution in [0.4, 0.5) is 0 Å². The van der Waals surface area contributed by atoms with Crippen LogP contribution in [0.15, 0.2) is 0 Å². The quantitative estimate of drug-likeness (QED) is 0.773. The van der Waals surface area contributed by atoms with E-state index in [4.69, 9.17) is 16.3 Å². The Balaban J connectivity index is 1.60. The van der Waals surface area contributed by atoms with Crippen molar-refractivity contribution >= 4 is 23.4 Å². The molecule has 0 aromatic carbocycles. The number of aromatic nitrogens is 3. The number of hydrogen-bond acceptors (Lipinski definition) is 5. The molecule has 2 aliphatic rings. The third-order valence-electron chi connectivity index (χ3n) is 3.67. The average Bonchev–Trinajstić information content (AvgIpc) is 2.67. The van der Waals surface area contributed by atoms with Gasteiger partial charge < -0.3 is 15.0 Å². The van der Waals surface area contributed by atoms with Gasteiger partial charge in [0.25, 0.3) is 0 Å². The first kappa shape index (κ1) is 14.3. The van der Waals surface area contributed by atoms with Gasteiger partial charge in [0.1, 0.15) is 5.82 Å².